The number of hydrogen-bond donors (Lipinski definition) is 3. The fourth-order valence-corrected chi connectivity index (χ4v) is 3.46. The van der Waals surface area contributed by atoms with E-state index < -0.39 is 0 Å². The number of rotatable bonds is 11. The Morgan fingerprint density at radius 2 is 1.50 bits per heavy atom. The average Bonchev–Trinajstić information content (AvgIpc) is 2.92. The summed E-state index contributed by atoms with van der Waals surface area (Å²) < 4.78 is 5.63. The second-order valence-electron chi connectivity index (χ2n) is 8.60. The molecule has 0 saturated carbocycles. The predicted molar refractivity (Wildman–Crippen MR) is 169 cm³/mol. The Kier molecular flexibility index (Phi) is 15.1. The number of likely N-dealkylation sites (N-methyl/N-ethyl adjacent to an activating group) is 1. The van der Waals surface area contributed by atoms with Crippen LogP contribution in [0.3, 0.4) is 0 Å². The van der Waals surface area contributed by atoms with Crippen molar-refractivity contribution in [1.82, 2.24) is 4.90 Å². The average molecular weight is 517 g/mol. The quantitative estimate of drug-likeness (QED) is 0.176. The molecule has 0 fully saturated rings. The standard InChI is InChI=1S/C29H36N4O.2C2H6/c1-6-7-28(24-12-15-26(16-13-24)31-22(3)34-19-18-33(4)5)32-29-20-25(14-17-27(29)30)23-10-8-21(2)9-11-23;2*1-2/h7-17,20,31-32H,3,6,18-19,30H2,1-2,4-5H3;2*1-2H3/b28-7+;;. The molecular weight excluding hydrogens is 468 g/mol. The zero-order valence-corrected chi connectivity index (χ0v) is 24.7. The molecule has 3 aromatic carbocycles. The number of nitrogens with two attached hydrogens (primary N) is 1. The maximum atomic E-state index is 6.33. The Bertz CT molecular complexity index is 1120. The van der Waals surface area contributed by atoms with E-state index in [9.17, 15) is 0 Å². The highest BCUT2D eigenvalue weighted by Gasteiger charge is 2.08. The number of benzene rings is 3. The molecule has 4 N–H and O–H groups in total. The van der Waals surface area contributed by atoms with Crippen LogP contribution in [-0.2, 0) is 4.74 Å². The fourth-order valence-electron chi connectivity index (χ4n) is 3.46. The molecule has 206 valence electrons. The van der Waals surface area contributed by atoms with Gasteiger partial charge in [-0.3, -0.25) is 0 Å². The van der Waals surface area contributed by atoms with Crippen LogP contribution in [0.4, 0.5) is 17.1 Å². The zero-order chi connectivity index (χ0) is 28.5. The van der Waals surface area contributed by atoms with Gasteiger partial charge in [0.2, 0.25) is 0 Å². The van der Waals surface area contributed by atoms with E-state index in [0.29, 0.717) is 18.2 Å². The third-order valence-corrected chi connectivity index (χ3v) is 5.41. The monoisotopic (exact) mass is 516 g/mol. The van der Waals surface area contributed by atoms with Gasteiger partial charge >= 0.3 is 0 Å². The highest BCUT2D eigenvalue weighted by molar-refractivity contribution is 5.85. The topological polar surface area (TPSA) is 62.6 Å². The molecule has 3 aromatic rings. The number of allylic oxidation sites excluding steroid dienone is 1. The van der Waals surface area contributed by atoms with E-state index in [1.165, 1.54) is 5.56 Å². The van der Waals surface area contributed by atoms with Gasteiger partial charge in [0.1, 0.15) is 6.61 Å². The van der Waals surface area contributed by atoms with Gasteiger partial charge in [-0.1, -0.05) is 88.7 Å². The minimum atomic E-state index is 0.540. The van der Waals surface area contributed by atoms with Crippen molar-refractivity contribution >= 4 is 22.8 Å². The van der Waals surface area contributed by atoms with Gasteiger partial charge in [0.15, 0.2) is 5.88 Å². The molecule has 5 nitrogen and oxygen atoms in total. The normalized spacial score (nSPS) is 10.5. The number of hydrogen-bond acceptors (Lipinski definition) is 5. The molecule has 38 heavy (non-hydrogen) atoms. The van der Waals surface area contributed by atoms with E-state index in [1.807, 2.05) is 60.0 Å². The lowest BCUT2D eigenvalue weighted by molar-refractivity contribution is 0.188. The summed E-state index contributed by atoms with van der Waals surface area (Å²) in [6.07, 6.45) is 3.07. The molecule has 3 rings (SSSR count). The summed E-state index contributed by atoms with van der Waals surface area (Å²) in [4.78, 5) is 2.07. The van der Waals surface area contributed by atoms with E-state index >= 15 is 0 Å². The molecule has 0 aliphatic carbocycles. The molecule has 0 amide bonds. The van der Waals surface area contributed by atoms with Crippen LogP contribution < -0.4 is 16.4 Å². The van der Waals surface area contributed by atoms with Gasteiger partial charge in [-0.2, -0.15) is 0 Å². The largest absolute Gasteiger partial charge is 0.478 e. The molecule has 5 heteroatoms. The molecule has 0 bridgehead atoms. The van der Waals surface area contributed by atoms with Gasteiger partial charge in [0.05, 0.1) is 11.4 Å². The highest BCUT2D eigenvalue weighted by Crippen LogP contribution is 2.30. The first-order valence-electron chi connectivity index (χ1n) is 13.6. The van der Waals surface area contributed by atoms with Crippen molar-refractivity contribution in [2.24, 2.45) is 0 Å². The van der Waals surface area contributed by atoms with Gasteiger partial charge in [-0.05, 0) is 75.0 Å². The van der Waals surface area contributed by atoms with Crippen LogP contribution in [0.25, 0.3) is 16.8 Å². The number of ether oxygens (including phenoxy) is 1. The van der Waals surface area contributed by atoms with Gasteiger partial charge in [-0.25, -0.2) is 0 Å². The van der Waals surface area contributed by atoms with Crippen LogP contribution in [0.2, 0.25) is 0 Å². The maximum absolute atomic E-state index is 6.33. The van der Waals surface area contributed by atoms with Crippen LogP contribution in [0, 0.1) is 6.92 Å². The molecule has 0 heterocycles. The molecule has 0 aliphatic rings. The second-order valence-corrected chi connectivity index (χ2v) is 8.60. The van der Waals surface area contributed by atoms with Crippen molar-refractivity contribution < 1.29 is 4.74 Å². The number of nitrogen functional groups attached to an aromatic ring is 1. The SMILES string of the molecule is C=C(Nc1ccc(/C(=C\CC)Nc2cc(-c3ccc(C)cc3)ccc2N)cc1)OCCN(C)C.CC.CC. The Hall–Kier alpha value is -3.70. The van der Waals surface area contributed by atoms with E-state index in [2.05, 4.69) is 90.6 Å². The number of anilines is 3. The van der Waals surface area contributed by atoms with Crippen molar-refractivity contribution in [3.8, 4) is 11.1 Å². The lowest BCUT2D eigenvalue weighted by Crippen LogP contribution is -2.18. The van der Waals surface area contributed by atoms with Gasteiger partial charge < -0.3 is 26.0 Å². The van der Waals surface area contributed by atoms with Crippen molar-refractivity contribution in [1.29, 1.82) is 0 Å². The number of aryl methyl sites for hydroxylation is 1. The van der Waals surface area contributed by atoms with E-state index in [4.69, 9.17) is 10.5 Å². The molecule has 0 saturated heterocycles. The summed E-state index contributed by atoms with van der Waals surface area (Å²) in [5.41, 5.74) is 14.5. The van der Waals surface area contributed by atoms with Crippen molar-refractivity contribution in [2.75, 3.05) is 43.6 Å². The van der Waals surface area contributed by atoms with E-state index in [1.54, 1.807) is 0 Å². The highest BCUT2D eigenvalue weighted by atomic mass is 16.5. The van der Waals surface area contributed by atoms with Crippen LogP contribution in [0.5, 0.6) is 0 Å². The smallest absolute Gasteiger partial charge is 0.183 e. The van der Waals surface area contributed by atoms with Crippen LogP contribution in [0.15, 0.2) is 85.3 Å². The third-order valence-electron chi connectivity index (χ3n) is 5.41. The minimum Gasteiger partial charge on any atom is -0.478 e. The molecule has 0 unspecified atom stereocenters. The van der Waals surface area contributed by atoms with Crippen molar-refractivity contribution in [3.63, 3.8) is 0 Å². The van der Waals surface area contributed by atoms with Gasteiger partial charge in [0, 0.05) is 17.9 Å². The molecule has 0 aromatic heterocycles. The van der Waals surface area contributed by atoms with Crippen molar-refractivity contribution in [2.45, 2.75) is 48.0 Å². The summed E-state index contributed by atoms with van der Waals surface area (Å²) in [6.45, 7) is 17.6. The Morgan fingerprint density at radius 1 is 0.895 bits per heavy atom. The van der Waals surface area contributed by atoms with Crippen LogP contribution >= 0.6 is 0 Å². The Morgan fingerprint density at radius 3 is 2.08 bits per heavy atom. The lowest BCUT2D eigenvalue weighted by atomic mass is 10.0. The van der Waals surface area contributed by atoms with Crippen LogP contribution in [-0.4, -0.2) is 32.1 Å². The zero-order valence-electron chi connectivity index (χ0n) is 24.7. The first kappa shape index (κ1) is 32.3. The minimum absolute atomic E-state index is 0.540. The molecule has 0 radical (unpaired) electrons. The van der Waals surface area contributed by atoms with Crippen LogP contribution in [0.1, 0.15) is 52.2 Å². The molecule has 0 spiro atoms. The maximum Gasteiger partial charge on any atom is 0.183 e. The van der Waals surface area contributed by atoms with Gasteiger partial charge in [-0.15, -0.1) is 0 Å². The van der Waals surface area contributed by atoms with Gasteiger partial charge in [0.25, 0.3) is 0 Å². The van der Waals surface area contributed by atoms with E-state index in [-0.39, 0.29) is 0 Å². The summed E-state index contributed by atoms with van der Waals surface area (Å²) in [7, 11) is 4.03. The number of nitrogens with zero attached hydrogens (tertiary/aromatic N) is 1. The first-order chi connectivity index (χ1) is 18.4. The van der Waals surface area contributed by atoms with Crippen molar-refractivity contribution in [3.05, 3.63) is 96.4 Å². The lowest BCUT2D eigenvalue weighted by Gasteiger charge is -2.16. The fraction of sp³-hybridized carbons (Fsp3) is 0.333. The molecular formula is C33H48N4O. The molecule has 0 atom stereocenters. The predicted octanol–water partition coefficient (Wildman–Crippen LogP) is 8.62. The molecule has 0 aliphatic heterocycles. The Balaban J connectivity index is 0.00000172. The second kappa shape index (κ2) is 17.7. The first-order valence-corrected chi connectivity index (χ1v) is 13.6. The Labute approximate surface area is 231 Å². The summed E-state index contributed by atoms with van der Waals surface area (Å²) in [6, 6.07) is 22.8. The third kappa shape index (κ3) is 10.7. The van der Waals surface area contributed by atoms with E-state index in [0.717, 1.165) is 46.7 Å². The summed E-state index contributed by atoms with van der Waals surface area (Å²) >= 11 is 0. The summed E-state index contributed by atoms with van der Waals surface area (Å²) in [5, 5.41) is 6.76. The summed E-state index contributed by atoms with van der Waals surface area (Å²) in [5.74, 6) is 0.540. The number of nitrogens with one attached hydrogen (secondary N) is 2.